The molecular formula is C26H36N8O4. The summed E-state index contributed by atoms with van der Waals surface area (Å²) in [6, 6.07) is 8.14. The standard InChI is InChI=1S/C26H36N8O4/c1-18-29-23-24(27)30-26(38-15-14-37-3)31-25(23)34(18)17-20-6-4-19(5-7-20)16-28-21(35)8-9-22(36)33-12-10-32(2)11-13-33/h4-7H,8-17H2,1-3H3,(H,28,35)(H2,27,30,31). The summed E-state index contributed by atoms with van der Waals surface area (Å²) in [6.07, 6.45) is 0.429. The van der Waals surface area contributed by atoms with Crippen molar-refractivity contribution in [3.8, 4) is 6.01 Å². The molecule has 1 aliphatic heterocycles. The molecule has 2 amide bonds. The second-order valence-electron chi connectivity index (χ2n) is 9.43. The molecule has 1 aliphatic rings. The Labute approximate surface area is 222 Å². The van der Waals surface area contributed by atoms with Crippen molar-refractivity contribution in [3.63, 3.8) is 0 Å². The third kappa shape index (κ3) is 6.95. The second-order valence-corrected chi connectivity index (χ2v) is 9.43. The summed E-state index contributed by atoms with van der Waals surface area (Å²) in [5.74, 6) is 0.941. The minimum atomic E-state index is -0.127. The SMILES string of the molecule is COCCOc1nc(N)c2nc(C)n(Cc3ccc(CNC(=O)CCC(=O)N4CCN(C)CC4)cc3)c2n1. The zero-order chi connectivity index (χ0) is 27.1. The number of likely N-dealkylation sites (N-methyl/N-ethyl adjacent to an activating group) is 1. The molecule has 3 aromatic rings. The average molecular weight is 525 g/mol. The summed E-state index contributed by atoms with van der Waals surface area (Å²) in [6.45, 7) is 6.76. The molecule has 3 N–H and O–H groups in total. The van der Waals surface area contributed by atoms with Crippen molar-refractivity contribution in [2.75, 3.05) is 59.3 Å². The molecule has 0 saturated carbocycles. The number of nitrogens with one attached hydrogen (secondary N) is 1. The molecule has 38 heavy (non-hydrogen) atoms. The number of aromatic nitrogens is 4. The van der Waals surface area contributed by atoms with E-state index in [9.17, 15) is 9.59 Å². The summed E-state index contributed by atoms with van der Waals surface area (Å²) in [5, 5.41) is 2.91. The first-order chi connectivity index (χ1) is 18.3. The van der Waals surface area contributed by atoms with Crippen LogP contribution in [0.15, 0.2) is 24.3 Å². The highest BCUT2D eigenvalue weighted by molar-refractivity contribution is 5.84. The molecule has 2 aromatic heterocycles. The summed E-state index contributed by atoms with van der Waals surface area (Å²) < 4.78 is 12.5. The van der Waals surface area contributed by atoms with Crippen LogP contribution < -0.4 is 15.8 Å². The zero-order valence-corrected chi connectivity index (χ0v) is 22.3. The highest BCUT2D eigenvalue weighted by Crippen LogP contribution is 2.22. The zero-order valence-electron chi connectivity index (χ0n) is 22.3. The van der Waals surface area contributed by atoms with Gasteiger partial charge in [-0.1, -0.05) is 24.3 Å². The topological polar surface area (TPSA) is 141 Å². The number of rotatable bonds is 11. The number of carbonyl (C=O) groups is 2. The Hall–Kier alpha value is -3.77. The third-order valence-corrected chi connectivity index (χ3v) is 6.59. The Kier molecular flexibility index (Phi) is 9.08. The van der Waals surface area contributed by atoms with Crippen LogP contribution in [0.2, 0.25) is 0 Å². The van der Waals surface area contributed by atoms with Crippen molar-refractivity contribution in [1.29, 1.82) is 0 Å². The predicted octanol–water partition coefficient (Wildman–Crippen LogP) is 0.961. The van der Waals surface area contributed by atoms with Gasteiger partial charge in [0.2, 0.25) is 11.8 Å². The second kappa shape index (κ2) is 12.7. The molecule has 0 spiro atoms. The molecule has 4 rings (SSSR count). The molecule has 0 bridgehead atoms. The molecule has 1 fully saturated rings. The normalized spacial score (nSPS) is 14.1. The van der Waals surface area contributed by atoms with Crippen molar-refractivity contribution >= 4 is 28.8 Å². The Bertz CT molecular complexity index is 1250. The van der Waals surface area contributed by atoms with E-state index in [1.165, 1.54) is 0 Å². The lowest BCUT2D eigenvalue weighted by Gasteiger charge is -2.32. The number of aryl methyl sites for hydroxylation is 1. The van der Waals surface area contributed by atoms with Crippen LogP contribution in [0.25, 0.3) is 11.2 Å². The quantitative estimate of drug-likeness (QED) is 0.351. The van der Waals surface area contributed by atoms with E-state index in [1.54, 1.807) is 7.11 Å². The number of nitrogen functional groups attached to an aromatic ring is 1. The first kappa shape index (κ1) is 27.3. The van der Waals surface area contributed by atoms with Gasteiger partial charge < -0.3 is 34.9 Å². The van der Waals surface area contributed by atoms with E-state index in [0.29, 0.717) is 37.5 Å². The smallest absolute Gasteiger partial charge is 0.320 e. The Morgan fingerprint density at radius 2 is 1.71 bits per heavy atom. The van der Waals surface area contributed by atoms with Gasteiger partial charge in [0.25, 0.3) is 0 Å². The lowest BCUT2D eigenvalue weighted by Crippen LogP contribution is -2.47. The largest absolute Gasteiger partial charge is 0.461 e. The summed E-state index contributed by atoms with van der Waals surface area (Å²) in [7, 11) is 3.64. The van der Waals surface area contributed by atoms with Gasteiger partial charge in [-0.05, 0) is 25.1 Å². The van der Waals surface area contributed by atoms with Gasteiger partial charge in [-0.25, -0.2) is 4.98 Å². The van der Waals surface area contributed by atoms with Gasteiger partial charge in [0, 0.05) is 52.7 Å². The maximum atomic E-state index is 12.3. The number of fused-ring (bicyclic) bond motifs is 1. The van der Waals surface area contributed by atoms with E-state index in [4.69, 9.17) is 15.2 Å². The molecule has 0 radical (unpaired) electrons. The van der Waals surface area contributed by atoms with Gasteiger partial charge >= 0.3 is 6.01 Å². The Balaban J connectivity index is 1.30. The minimum absolute atomic E-state index is 0.0422. The van der Waals surface area contributed by atoms with Gasteiger partial charge in [0.05, 0.1) is 13.2 Å². The summed E-state index contributed by atoms with van der Waals surface area (Å²) in [5.41, 5.74) is 9.25. The molecule has 1 saturated heterocycles. The number of piperazine rings is 1. The highest BCUT2D eigenvalue weighted by Gasteiger charge is 2.19. The van der Waals surface area contributed by atoms with Crippen molar-refractivity contribution in [1.82, 2.24) is 34.6 Å². The fourth-order valence-electron chi connectivity index (χ4n) is 4.25. The van der Waals surface area contributed by atoms with Gasteiger partial charge in [-0.3, -0.25) is 9.59 Å². The van der Waals surface area contributed by atoms with Gasteiger partial charge in [0.1, 0.15) is 12.4 Å². The number of hydrogen-bond donors (Lipinski definition) is 2. The van der Waals surface area contributed by atoms with Crippen LogP contribution in [0.4, 0.5) is 5.82 Å². The number of anilines is 1. The fourth-order valence-corrected chi connectivity index (χ4v) is 4.25. The fraction of sp³-hybridized carbons (Fsp3) is 0.500. The van der Waals surface area contributed by atoms with E-state index < -0.39 is 0 Å². The number of methoxy groups -OCH3 is 1. The van der Waals surface area contributed by atoms with Crippen LogP contribution in [0.1, 0.15) is 29.8 Å². The van der Waals surface area contributed by atoms with Crippen molar-refractivity contribution in [3.05, 3.63) is 41.2 Å². The maximum Gasteiger partial charge on any atom is 0.320 e. The first-order valence-corrected chi connectivity index (χ1v) is 12.8. The molecule has 0 aliphatic carbocycles. The minimum Gasteiger partial charge on any atom is -0.461 e. The number of nitrogens with zero attached hydrogens (tertiary/aromatic N) is 6. The van der Waals surface area contributed by atoms with E-state index >= 15 is 0 Å². The summed E-state index contributed by atoms with van der Waals surface area (Å²) in [4.78, 5) is 41.9. The lowest BCUT2D eigenvalue weighted by atomic mass is 10.1. The van der Waals surface area contributed by atoms with E-state index in [0.717, 1.165) is 43.1 Å². The first-order valence-electron chi connectivity index (χ1n) is 12.8. The average Bonchev–Trinajstić information content (AvgIpc) is 3.22. The molecule has 204 valence electrons. The van der Waals surface area contributed by atoms with Crippen LogP contribution >= 0.6 is 0 Å². The Morgan fingerprint density at radius 3 is 2.42 bits per heavy atom. The van der Waals surface area contributed by atoms with Gasteiger partial charge in [0.15, 0.2) is 17.0 Å². The molecule has 3 heterocycles. The molecule has 0 unspecified atom stereocenters. The highest BCUT2D eigenvalue weighted by atomic mass is 16.5. The monoisotopic (exact) mass is 524 g/mol. The number of hydrogen-bond acceptors (Lipinski definition) is 9. The molecule has 12 nitrogen and oxygen atoms in total. The van der Waals surface area contributed by atoms with Crippen LogP contribution in [-0.2, 0) is 27.4 Å². The van der Waals surface area contributed by atoms with Crippen LogP contribution in [0, 0.1) is 6.92 Å². The van der Waals surface area contributed by atoms with E-state index in [1.807, 2.05) is 47.7 Å². The van der Waals surface area contributed by atoms with Crippen molar-refractivity contribution in [2.45, 2.75) is 32.9 Å². The lowest BCUT2D eigenvalue weighted by molar-refractivity contribution is -0.135. The van der Waals surface area contributed by atoms with Crippen molar-refractivity contribution in [2.24, 2.45) is 0 Å². The number of nitrogens with two attached hydrogens (primary N) is 1. The number of amides is 2. The van der Waals surface area contributed by atoms with E-state index in [-0.39, 0.29) is 36.5 Å². The van der Waals surface area contributed by atoms with Gasteiger partial charge in [-0.2, -0.15) is 9.97 Å². The maximum absolute atomic E-state index is 12.3. The number of ether oxygens (including phenoxy) is 2. The van der Waals surface area contributed by atoms with Crippen LogP contribution in [-0.4, -0.2) is 94.7 Å². The molecule has 12 heteroatoms. The van der Waals surface area contributed by atoms with Crippen LogP contribution in [0.5, 0.6) is 6.01 Å². The third-order valence-electron chi connectivity index (χ3n) is 6.59. The number of carbonyl (C=O) groups excluding carboxylic acids is 2. The van der Waals surface area contributed by atoms with E-state index in [2.05, 4.69) is 25.2 Å². The number of benzene rings is 1. The van der Waals surface area contributed by atoms with Crippen molar-refractivity contribution < 1.29 is 19.1 Å². The number of imidazole rings is 1. The molecule has 0 atom stereocenters. The Morgan fingerprint density at radius 1 is 1.00 bits per heavy atom. The predicted molar refractivity (Wildman–Crippen MR) is 143 cm³/mol. The van der Waals surface area contributed by atoms with Gasteiger partial charge in [-0.15, -0.1) is 0 Å². The van der Waals surface area contributed by atoms with Crippen LogP contribution in [0.3, 0.4) is 0 Å². The molecular weight excluding hydrogens is 488 g/mol. The summed E-state index contributed by atoms with van der Waals surface area (Å²) >= 11 is 0. The molecule has 1 aromatic carbocycles.